The van der Waals surface area contributed by atoms with Crippen LogP contribution in [0.1, 0.15) is 0 Å². The molecule has 5 nitrogen and oxygen atoms in total. The molecule has 2 rings (SSSR count). The Balaban J connectivity index is 3.02. The van der Waals surface area contributed by atoms with Gasteiger partial charge in [0.2, 0.25) is 0 Å². The molecule has 1 aromatic heterocycles. The molecule has 0 fully saturated rings. The highest BCUT2D eigenvalue weighted by Crippen LogP contribution is 2.27. The number of hydrogen-bond acceptors (Lipinski definition) is 3. The third-order valence-electron chi connectivity index (χ3n) is 2.40. The second-order valence-electron chi connectivity index (χ2n) is 3.32. The van der Waals surface area contributed by atoms with E-state index in [0.29, 0.717) is 21.7 Å². The summed E-state index contributed by atoms with van der Waals surface area (Å²) in [4.78, 5) is 25.1. The second kappa shape index (κ2) is 3.68. The molecule has 0 aliphatic rings. The Labute approximate surface area is 95.2 Å². The minimum absolute atomic E-state index is 0.333. The lowest BCUT2D eigenvalue weighted by Crippen LogP contribution is -2.28. The van der Waals surface area contributed by atoms with Crippen molar-refractivity contribution in [2.45, 2.75) is 0 Å². The van der Waals surface area contributed by atoms with Crippen molar-refractivity contribution in [2.75, 3.05) is 7.11 Å². The van der Waals surface area contributed by atoms with Gasteiger partial charge in [-0.3, -0.25) is 14.3 Å². The van der Waals surface area contributed by atoms with Gasteiger partial charge in [0.25, 0.3) is 5.56 Å². The molecule has 1 aromatic carbocycles. The van der Waals surface area contributed by atoms with Crippen LogP contribution < -0.4 is 16.0 Å². The van der Waals surface area contributed by atoms with E-state index >= 15 is 0 Å². The summed E-state index contributed by atoms with van der Waals surface area (Å²) in [6, 6.07) is 3.04. The Hall–Kier alpha value is -1.75. The number of aryl methyl sites for hydroxylation is 1. The van der Waals surface area contributed by atoms with Crippen molar-refractivity contribution in [1.29, 1.82) is 0 Å². The molecule has 1 heterocycles. The number of rotatable bonds is 1. The SMILES string of the molecule is COc1cc2c(cc1Cl)c(=O)[nH]c(=O)n2C. The van der Waals surface area contributed by atoms with E-state index in [9.17, 15) is 9.59 Å². The van der Waals surface area contributed by atoms with Crippen LogP contribution in [0.25, 0.3) is 10.9 Å². The van der Waals surface area contributed by atoms with Crippen molar-refractivity contribution in [1.82, 2.24) is 9.55 Å². The number of methoxy groups -OCH3 is 1. The summed E-state index contributed by atoms with van der Waals surface area (Å²) in [5.41, 5.74) is -0.445. The number of aromatic nitrogens is 2. The van der Waals surface area contributed by atoms with Crippen molar-refractivity contribution >= 4 is 22.5 Å². The van der Waals surface area contributed by atoms with Crippen LogP contribution in [0.5, 0.6) is 5.75 Å². The van der Waals surface area contributed by atoms with Crippen LogP contribution in [0.4, 0.5) is 0 Å². The predicted octanol–water partition coefficient (Wildman–Crippen LogP) is 0.889. The van der Waals surface area contributed by atoms with Gasteiger partial charge >= 0.3 is 5.69 Å². The summed E-state index contributed by atoms with van der Waals surface area (Å²) in [6.07, 6.45) is 0. The number of fused-ring (bicyclic) bond motifs is 1. The Morgan fingerprint density at radius 1 is 1.38 bits per heavy atom. The fourth-order valence-corrected chi connectivity index (χ4v) is 1.76. The molecule has 84 valence electrons. The van der Waals surface area contributed by atoms with E-state index in [1.54, 1.807) is 13.1 Å². The number of H-pyrrole nitrogens is 1. The van der Waals surface area contributed by atoms with Crippen LogP contribution in [0, 0.1) is 0 Å². The topological polar surface area (TPSA) is 64.1 Å². The van der Waals surface area contributed by atoms with Gasteiger partial charge in [-0.15, -0.1) is 0 Å². The maximum atomic E-state index is 11.5. The lowest BCUT2D eigenvalue weighted by atomic mass is 10.2. The van der Waals surface area contributed by atoms with Crippen LogP contribution in [0.2, 0.25) is 5.02 Å². The third-order valence-corrected chi connectivity index (χ3v) is 2.70. The molecule has 0 spiro atoms. The Bertz CT molecular complexity index is 672. The first-order valence-corrected chi connectivity index (χ1v) is 4.89. The van der Waals surface area contributed by atoms with Gasteiger partial charge in [-0.1, -0.05) is 11.6 Å². The lowest BCUT2D eigenvalue weighted by Gasteiger charge is -2.07. The van der Waals surface area contributed by atoms with Gasteiger partial charge in [0.05, 0.1) is 23.0 Å². The summed E-state index contributed by atoms with van der Waals surface area (Å²) in [6.45, 7) is 0. The van der Waals surface area contributed by atoms with Gasteiger partial charge in [0.1, 0.15) is 5.75 Å². The molecular weight excluding hydrogens is 232 g/mol. The molecule has 0 saturated heterocycles. The molecule has 0 bridgehead atoms. The van der Waals surface area contributed by atoms with Crippen molar-refractivity contribution < 1.29 is 4.74 Å². The molecule has 1 N–H and O–H groups in total. The molecule has 0 amide bonds. The zero-order valence-corrected chi connectivity index (χ0v) is 9.46. The highest BCUT2D eigenvalue weighted by atomic mass is 35.5. The van der Waals surface area contributed by atoms with Crippen LogP contribution in [-0.4, -0.2) is 16.7 Å². The number of benzene rings is 1. The Kier molecular flexibility index (Phi) is 2.47. The van der Waals surface area contributed by atoms with E-state index < -0.39 is 11.2 Å². The number of nitrogens with one attached hydrogen (secondary N) is 1. The van der Waals surface area contributed by atoms with Crippen molar-refractivity contribution in [2.24, 2.45) is 7.05 Å². The lowest BCUT2D eigenvalue weighted by molar-refractivity contribution is 0.415. The monoisotopic (exact) mass is 240 g/mol. The van der Waals surface area contributed by atoms with Gasteiger partial charge in [-0.2, -0.15) is 0 Å². The number of nitrogens with zero attached hydrogens (tertiary/aromatic N) is 1. The molecule has 0 unspecified atom stereocenters. The number of halogens is 1. The summed E-state index contributed by atoms with van der Waals surface area (Å²) < 4.78 is 6.36. The molecule has 0 saturated carbocycles. The fourth-order valence-electron chi connectivity index (χ4n) is 1.52. The fraction of sp³-hybridized carbons (Fsp3) is 0.200. The summed E-state index contributed by atoms with van der Waals surface area (Å²) >= 11 is 5.90. The maximum absolute atomic E-state index is 11.5. The first kappa shape index (κ1) is 10.8. The third kappa shape index (κ3) is 1.49. The van der Waals surface area contributed by atoms with Crippen LogP contribution in [0.15, 0.2) is 21.7 Å². The van der Waals surface area contributed by atoms with E-state index in [1.807, 2.05) is 0 Å². The quantitative estimate of drug-likeness (QED) is 0.805. The van der Waals surface area contributed by atoms with Crippen molar-refractivity contribution in [3.05, 3.63) is 38.0 Å². The standard InChI is InChI=1S/C10H9ClN2O3/c1-13-7-4-8(16-2)6(11)3-5(7)9(14)12-10(13)15/h3-4H,1-2H3,(H,12,14,15). The molecule has 6 heteroatoms. The minimum Gasteiger partial charge on any atom is -0.495 e. The summed E-state index contributed by atoms with van der Waals surface area (Å²) in [7, 11) is 3.03. The van der Waals surface area contributed by atoms with Gasteiger partial charge in [0, 0.05) is 13.1 Å². The van der Waals surface area contributed by atoms with Gasteiger partial charge < -0.3 is 4.74 Å². The van der Waals surface area contributed by atoms with Crippen molar-refractivity contribution in [3.63, 3.8) is 0 Å². The molecular formula is C10H9ClN2O3. The zero-order valence-electron chi connectivity index (χ0n) is 8.70. The second-order valence-corrected chi connectivity index (χ2v) is 3.73. The average molecular weight is 241 g/mol. The molecule has 0 radical (unpaired) electrons. The minimum atomic E-state index is -0.470. The summed E-state index contributed by atoms with van der Waals surface area (Å²) in [5.74, 6) is 0.426. The molecule has 0 atom stereocenters. The van der Waals surface area contributed by atoms with Gasteiger partial charge in [-0.05, 0) is 6.07 Å². The Morgan fingerprint density at radius 2 is 2.06 bits per heavy atom. The van der Waals surface area contributed by atoms with Gasteiger partial charge in [0.15, 0.2) is 0 Å². The van der Waals surface area contributed by atoms with E-state index in [4.69, 9.17) is 16.3 Å². The first-order chi connectivity index (χ1) is 7.54. The number of aromatic amines is 1. The predicted molar refractivity (Wildman–Crippen MR) is 61.4 cm³/mol. The van der Waals surface area contributed by atoms with Crippen LogP contribution in [-0.2, 0) is 7.05 Å². The first-order valence-electron chi connectivity index (χ1n) is 4.51. The van der Waals surface area contributed by atoms with E-state index in [0.717, 1.165) is 0 Å². The van der Waals surface area contributed by atoms with Crippen LogP contribution in [0.3, 0.4) is 0 Å². The summed E-state index contributed by atoms with van der Waals surface area (Å²) in [5, 5.41) is 0.687. The van der Waals surface area contributed by atoms with Crippen molar-refractivity contribution in [3.8, 4) is 5.75 Å². The highest BCUT2D eigenvalue weighted by Gasteiger charge is 2.09. The molecule has 16 heavy (non-hydrogen) atoms. The molecule has 0 aliphatic carbocycles. The van der Waals surface area contributed by atoms with E-state index in [-0.39, 0.29) is 0 Å². The van der Waals surface area contributed by atoms with Gasteiger partial charge in [-0.25, -0.2) is 4.79 Å². The van der Waals surface area contributed by atoms with E-state index in [2.05, 4.69) is 4.98 Å². The Morgan fingerprint density at radius 3 is 2.69 bits per heavy atom. The highest BCUT2D eigenvalue weighted by molar-refractivity contribution is 6.32. The molecule has 0 aliphatic heterocycles. The smallest absolute Gasteiger partial charge is 0.328 e. The van der Waals surface area contributed by atoms with Crippen LogP contribution >= 0.6 is 11.6 Å². The zero-order chi connectivity index (χ0) is 11.9. The maximum Gasteiger partial charge on any atom is 0.328 e. The molecule has 2 aromatic rings. The number of ether oxygens (including phenoxy) is 1. The van der Waals surface area contributed by atoms with E-state index in [1.165, 1.54) is 17.7 Å². The average Bonchev–Trinajstić information content (AvgIpc) is 2.25. The number of hydrogen-bond donors (Lipinski definition) is 1. The normalized spacial score (nSPS) is 10.7. The largest absolute Gasteiger partial charge is 0.495 e.